The summed E-state index contributed by atoms with van der Waals surface area (Å²) in [6.07, 6.45) is 0. The molecule has 0 fully saturated rings. The van der Waals surface area contributed by atoms with Crippen LogP contribution in [0, 0.1) is 12.7 Å². The van der Waals surface area contributed by atoms with E-state index in [9.17, 15) is 14.4 Å². The molecule has 0 aliphatic carbocycles. The topological polar surface area (TPSA) is 49.7 Å². The Hall–Kier alpha value is -1.56. The predicted octanol–water partition coefficient (Wildman–Crippen LogP) is 2.05. The van der Waals surface area contributed by atoms with Crippen molar-refractivity contribution < 1.29 is 19.2 Å². The van der Waals surface area contributed by atoms with E-state index in [1.54, 1.807) is 24.3 Å². The van der Waals surface area contributed by atoms with Crippen molar-refractivity contribution in [3.63, 3.8) is 0 Å². The highest BCUT2D eigenvalue weighted by molar-refractivity contribution is 6.59. The molecule has 2 N–H and O–H groups in total. The number of aryl methyl sites for hydroxylation is 1. The van der Waals surface area contributed by atoms with Gasteiger partial charge in [-0.15, -0.1) is 0 Å². The van der Waals surface area contributed by atoms with E-state index in [4.69, 9.17) is 16.3 Å². The van der Waals surface area contributed by atoms with Crippen LogP contribution in [0.2, 0.25) is 5.02 Å². The molecule has 20 heavy (non-hydrogen) atoms. The van der Waals surface area contributed by atoms with Crippen LogP contribution in [-0.2, 0) is 6.61 Å². The maximum atomic E-state index is 13.3. The Bertz CT molecular complexity index is 619. The molecule has 0 atom stereocenters. The molecule has 0 saturated heterocycles. The minimum absolute atomic E-state index is 0.00529. The molecular formula is C14H13BClFO3. The third-order valence-electron chi connectivity index (χ3n) is 2.86. The molecule has 0 aliphatic rings. The molecule has 2 aromatic rings. The first-order valence-electron chi connectivity index (χ1n) is 6.01. The van der Waals surface area contributed by atoms with Crippen LogP contribution >= 0.6 is 11.6 Å². The molecule has 0 heterocycles. The van der Waals surface area contributed by atoms with E-state index in [0.29, 0.717) is 11.3 Å². The molecule has 0 aliphatic heterocycles. The molecule has 3 nitrogen and oxygen atoms in total. The normalized spacial score (nSPS) is 10.4. The summed E-state index contributed by atoms with van der Waals surface area (Å²) in [5.41, 5.74) is 1.63. The average molecular weight is 295 g/mol. The number of ether oxygens (including phenoxy) is 1. The second-order valence-electron chi connectivity index (χ2n) is 4.42. The van der Waals surface area contributed by atoms with Crippen molar-refractivity contribution in [2.75, 3.05) is 0 Å². The minimum atomic E-state index is -1.63. The van der Waals surface area contributed by atoms with Gasteiger partial charge in [0.1, 0.15) is 18.2 Å². The summed E-state index contributed by atoms with van der Waals surface area (Å²) >= 11 is 5.83. The Morgan fingerprint density at radius 3 is 2.70 bits per heavy atom. The highest BCUT2D eigenvalue weighted by atomic mass is 35.5. The largest absolute Gasteiger partial charge is 0.492 e. The highest BCUT2D eigenvalue weighted by Gasteiger charge is 2.17. The quantitative estimate of drug-likeness (QED) is 0.849. The van der Waals surface area contributed by atoms with Crippen molar-refractivity contribution in [1.82, 2.24) is 0 Å². The van der Waals surface area contributed by atoms with Crippen LogP contribution in [0.1, 0.15) is 11.1 Å². The number of rotatable bonds is 4. The molecular weight excluding hydrogens is 281 g/mol. The number of hydrogen-bond donors (Lipinski definition) is 2. The van der Waals surface area contributed by atoms with E-state index < -0.39 is 12.9 Å². The fraction of sp³-hybridized carbons (Fsp3) is 0.143. The summed E-state index contributed by atoms with van der Waals surface area (Å²) in [6, 6.07) is 9.49. The Morgan fingerprint density at radius 1 is 1.25 bits per heavy atom. The van der Waals surface area contributed by atoms with E-state index in [2.05, 4.69) is 0 Å². The van der Waals surface area contributed by atoms with Gasteiger partial charge in [0.2, 0.25) is 0 Å². The van der Waals surface area contributed by atoms with Gasteiger partial charge in [0.15, 0.2) is 0 Å². The number of benzene rings is 2. The molecule has 0 saturated carbocycles. The van der Waals surface area contributed by atoms with Crippen molar-refractivity contribution in [3.8, 4) is 5.75 Å². The zero-order valence-corrected chi connectivity index (χ0v) is 11.6. The lowest BCUT2D eigenvalue weighted by atomic mass is 9.79. The van der Waals surface area contributed by atoms with Gasteiger partial charge < -0.3 is 14.8 Å². The van der Waals surface area contributed by atoms with Gasteiger partial charge in [-0.3, -0.25) is 0 Å². The summed E-state index contributed by atoms with van der Waals surface area (Å²) in [5, 5.41) is 18.6. The zero-order valence-electron chi connectivity index (χ0n) is 10.8. The van der Waals surface area contributed by atoms with Crippen LogP contribution in [0.5, 0.6) is 5.75 Å². The molecule has 0 radical (unpaired) electrons. The van der Waals surface area contributed by atoms with Crippen molar-refractivity contribution >= 4 is 24.2 Å². The molecule has 0 unspecified atom stereocenters. The highest BCUT2D eigenvalue weighted by Crippen LogP contribution is 2.21. The monoisotopic (exact) mass is 294 g/mol. The van der Waals surface area contributed by atoms with Crippen LogP contribution in [-0.4, -0.2) is 17.2 Å². The molecule has 0 aromatic heterocycles. The molecule has 104 valence electrons. The summed E-state index contributed by atoms with van der Waals surface area (Å²) in [5.74, 6) is -0.190. The third kappa shape index (κ3) is 3.31. The summed E-state index contributed by atoms with van der Waals surface area (Å²) in [6.45, 7) is 1.87. The van der Waals surface area contributed by atoms with Crippen LogP contribution < -0.4 is 10.2 Å². The molecule has 0 bridgehead atoms. The van der Waals surface area contributed by atoms with Crippen molar-refractivity contribution in [2.45, 2.75) is 13.5 Å². The maximum Gasteiger partial charge on any atom is 0.492 e. The number of halogens is 2. The fourth-order valence-electron chi connectivity index (χ4n) is 1.82. The van der Waals surface area contributed by atoms with Crippen molar-refractivity contribution in [1.29, 1.82) is 0 Å². The van der Waals surface area contributed by atoms with Gasteiger partial charge in [-0.1, -0.05) is 41.4 Å². The molecule has 2 aromatic carbocycles. The van der Waals surface area contributed by atoms with Gasteiger partial charge >= 0.3 is 7.12 Å². The first-order valence-corrected chi connectivity index (χ1v) is 6.39. The second kappa shape index (κ2) is 6.26. The first-order chi connectivity index (χ1) is 9.49. The van der Waals surface area contributed by atoms with Gasteiger partial charge in [-0.05, 0) is 19.1 Å². The molecule has 6 heteroatoms. The lowest BCUT2D eigenvalue weighted by Crippen LogP contribution is -2.31. The summed E-state index contributed by atoms with van der Waals surface area (Å²) in [4.78, 5) is 0. The molecule has 0 amide bonds. The van der Waals surface area contributed by atoms with E-state index >= 15 is 0 Å². The summed E-state index contributed by atoms with van der Waals surface area (Å²) < 4.78 is 18.8. The smallest absolute Gasteiger partial charge is 0.489 e. The van der Waals surface area contributed by atoms with Crippen molar-refractivity contribution in [3.05, 3.63) is 58.4 Å². The Kier molecular flexibility index (Phi) is 4.65. The van der Waals surface area contributed by atoms with Crippen LogP contribution in [0.4, 0.5) is 4.39 Å². The lowest BCUT2D eigenvalue weighted by molar-refractivity contribution is 0.306. The summed E-state index contributed by atoms with van der Waals surface area (Å²) in [7, 11) is -1.63. The van der Waals surface area contributed by atoms with Gasteiger partial charge in [0.05, 0.1) is 5.02 Å². The average Bonchev–Trinajstić information content (AvgIpc) is 2.41. The Morgan fingerprint density at radius 2 is 2.00 bits per heavy atom. The van der Waals surface area contributed by atoms with Gasteiger partial charge in [-0.2, -0.15) is 0 Å². The Balaban J connectivity index is 2.21. The predicted molar refractivity (Wildman–Crippen MR) is 76.7 cm³/mol. The zero-order chi connectivity index (χ0) is 14.7. The SMILES string of the molecule is Cc1ccc(OCc2cccc(F)c2Cl)c(B(O)O)c1. The van der Waals surface area contributed by atoms with E-state index in [-0.39, 0.29) is 17.1 Å². The van der Waals surface area contributed by atoms with E-state index in [0.717, 1.165) is 5.56 Å². The standard InChI is InChI=1S/C14H13BClFO3/c1-9-5-6-13(11(7-9)15(18)19)20-8-10-3-2-4-12(17)14(10)16/h2-7,18-19H,8H2,1H3. The second-order valence-corrected chi connectivity index (χ2v) is 4.79. The maximum absolute atomic E-state index is 13.3. The van der Waals surface area contributed by atoms with Gasteiger partial charge in [0.25, 0.3) is 0 Å². The van der Waals surface area contributed by atoms with Crippen LogP contribution in [0.25, 0.3) is 0 Å². The lowest BCUT2D eigenvalue weighted by Gasteiger charge is -2.13. The Labute approximate surface area is 121 Å². The molecule has 0 spiro atoms. The van der Waals surface area contributed by atoms with Crippen molar-refractivity contribution in [2.24, 2.45) is 0 Å². The van der Waals surface area contributed by atoms with Gasteiger partial charge in [-0.25, -0.2) is 4.39 Å². The van der Waals surface area contributed by atoms with Gasteiger partial charge in [0, 0.05) is 11.0 Å². The third-order valence-corrected chi connectivity index (χ3v) is 3.28. The first kappa shape index (κ1) is 14.8. The van der Waals surface area contributed by atoms with Crippen LogP contribution in [0.3, 0.4) is 0 Å². The minimum Gasteiger partial charge on any atom is -0.489 e. The molecule has 2 rings (SSSR count). The fourth-order valence-corrected chi connectivity index (χ4v) is 2.00. The van der Waals surface area contributed by atoms with E-state index in [1.807, 2.05) is 6.92 Å². The number of hydrogen-bond acceptors (Lipinski definition) is 3. The van der Waals surface area contributed by atoms with E-state index in [1.165, 1.54) is 12.1 Å². The van der Waals surface area contributed by atoms with Crippen LogP contribution in [0.15, 0.2) is 36.4 Å².